The average molecular weight is 474 g/mol. The summed E-state index contributed by atoms with van der Waals surface area (Å²) in [4.78, 5) is 26.9. The van der Waals surface area contributed by atoms with Crippen LogP contribution in [0.3, 0.4) is 0 Å². The van der Waals surface area contributed by atoms with Gasteiger partial charge >= 0.3 is 12.2 Å². The summed E-state index contributed by atoms with van der Waals surface area (Å²) < 4.78 is 52.6. The minimum absolute atomic E-state index is 0.151. The van der Waals surface area contributed by atoms with Gasteiger partial charge in [-0.05, 0) is 48.0 Å². The van der Waals surface area contributed by atoms with Crippen molar-refractivity contribution in [2.24, 2.45) is 0 Å². The highest BCUT2D eigenvalue weighted by atomic mass is 19.4. The van der Waals surface area contributed by atoms with Gasteiger partial charge in [0.15, 0.2) is 0 Å². The molecule has 3 aromatic rings. The maximum Gasteiger partial charge on any atom is 0.418 e. The summed E-state index contributed by atoms with van der Waals surface area (Å²) in [7, 11) is 3.47. The molecule has 3 amide bonds. The van der Waals surface area contributed by atoms with Crippen LogP contribution in [-0.2, 0) is 12.7 Å². The zero-order valence-electron chi connectivity index (χ0n) is 18.3. The largest absolute Gasteiger partial charge is 0.418 e. The standard InChI is InChI=1S/C24H22F4N4O2/c1-32(2)21-12-11-17(13-18(21)22(33)29-14-15-7-9-16(25)10-8-15)30-23(34)31-20-6-4-3-5-19(20)24(26,27)28/h3-13H,14H2,1-2H3,(H,29,33)(H2,30,31,34). The predicted molar refractivity (Wildman–Crippen MR) is 122 cm³/mol. The van der Waals surface area contributed by atoms with Crippen molar-refractivity contribution in [3.05, 3.63) is 89.2 Å². The Morgan fingerprint density at radius 2 is 1.59 bits per heavy atom. The first kappa shape index (κ1) is 24.6. The zero-order valence-corrected chi connectivity index (χ0v) is 18.3. The molecule has 0 atom stereocenters. The number of nitrogens with zero attached hydrogens (tertiary/aromatic N) is 1. The third-order valence-electron chi connectivity index (χ3n) is 4.83. The molecule has 0 saturated heterocycles. The van der Waals surface area contributed by atoms with E-state index in [1.807, 2.05) is 0 Å². The monoisotopic (exact) mass is 474 g/mol. The molecular weight excluding hydrogens is 452 g/mol. The number of halogens is 4. The Balaban J connectivity index is 1.76. The van der Waals surface area contributed by atoms with Gasteiger partial charge in [0.25, 0.3) is 5.91 Å². The van der Waals surface area contributed by atoms with Gasteiger partial charge in [-0.25, -0.2) is 9.18 Å². The van der Waals surface area contributed by atoms with Crippen LogP contribution in [0.4, 0.5) is 39.4 Å². The molecule has 0 bridgehead atoms. The van der Waals surface area contributed by atoms with Crippen molar-refractivity contribution in [3.63, 3.8) is 0 Å². The molecule has 0 aliphatic carbocycles. The molecule has 0 fully saturated rings. The lowest BCUT2D eigenvalue weighted by Crippen LogP contribution is -2.26. The number of amides is 3. The molecule has 0 heterocycles. The second-order valence-electron chi connectivity index (χ2n) is 7.56. The van der Waals surface area contributed by atoms with Crippen LogP contribution in [0.5, 0.6) is 0 Å². The van der Waals surface area contributed by atoms with Gasteiger partial charge in [-0.15, -0.1) is 0 Å². The van der Waals surface area contributed by atoms with Crippen LogP contribution in [0.15, 0.2) is 66.7 Å². The number of hydrogen-bond acceptors (Lipinski definition) is 3. The van der Waals surface area contributed by atoms with E-state index >= 15 is 0 Å². The topological polar surface area (TPSA) is 73.5 Å². The Bertz CT molecular complexity index is 1180. The number of anilines is 3. The van der Waals surface area contributed by atoms with Crippen molar-refractivity contribution in [3.8, 4) is 0 Å². The normalized spacial score (nSPS) is 11.0. The number of urea groups is 1. The number of alkyl halides is 3. The number of rotatable bonds is 6. The number of carbonyl (C=O) groups excluding carboxylic acids is 2. The quantitative estimate of drug-likeness (QED) is 0.414. The Labute approximate surface area is 193 Å². The van der Waals surface area contributed by atoms with Crippen LogP contribution in [0, 0.1) is 5.82 Å². The molecule has 3 aromatic carbocycles. The van der Waals surface area contributed by atoms with Gasteiger partial charge in [-0.3, -0.25) is 4.79 Å². The fraction of sp³-hybridized carbons (Fsp3) is 0.167. The van der Waals surface area contributed by atoms with Gasteiger partial charge in [0.2, 0.25) is 0 Å². The lowest BCUT2D eigenvalue weighted by Gasteiger charge is -2.19. The number of carbonyl (C=O) groups is 2. The summed E-state index contributed by atoms with van der Waals surface area (Å²) in [6, 6.07) is 13.9. The Morgan fingerprint density at radius 3 is 2.24 bits per heavy atom. The van der Waals surface area contributed by atoms with E-state index in [1.165, 1.54) is 36.4 Å². The molecule has 10 heteroatoms. The van der Waals surface area contributed by atoms with Crippen LogP contribution in [0.2, 0.25) is 0 Å². The van der Waals surface area contributed by atoms with Gasteiger partial charge < -0.3 is 20.9 Å². The second-order valence-corrected chi connectivity index (χ2v) is 7.56. The molecule has 0 radical (unpaired) electrons. The van der Waals surface area contributed by atoms with E-state index < -0.39 is 29.4 Å². The van der Waals surface area contributed by atoms with Crippen LogP contribution in [0.25, 0.3) is 0 Å². The van der Waals surface area contributed by atoms with E-state index in [0.29, 0.717) is 11.3 Å². The molecule has 3 N–H and O–H groups in total. The van der Waals surface area contributed by atoms with E-state index in [2.05, 4.69) is 16.0 Å². The second kappa shape index (κ2) is 10.2. The van der Waals surface area contributed by atoms with Crippen molar-refractivity contribution in [2.75, 3.05) is 29.6 Å². The van der Waals surface area contributed by atoms with Crippen LogP contribution in [0.1, 0.15) is 21.5 Å². The highest BCUT2D eigenvalue weighted by molar-refractivity contribution is 6.04. The smallest absolute Gasteiger partial charge is 0.377 e. The van der Waals surface area contributed by atoms with Crippen molar-refractivity contribution in [1.82, 2.24) is 5.32 Å². The first-order valence-corrected chi connectivity index (χ1v) is 10.1. The average Bonchev–Trinajstić information content (AvgIpc) is 2.78. The van der Waals surface area contributed by atoms with Crippen molar-refractivity contribution < 1.29 is 27.2 Å². The molecule has 0 aromatic heterocycles. The maximum absolute atomic E-state index is 13.2. The summed E-state index contributed by atoms with van der Waals surface area (Å²) in [5.41, 5.74) is 0.326. The van der Waals surface area contributed by atoms with E-state index in [0.717, 1.165) is 12.1 Å². The highest BCUT2D eigenvalue weighted by Crippen LogP contribution is 2.34. The van der Waals surface area contributed by atoms with E-state index in [9.17, 15) is 27.2 Å². The lowest BCUT2D eigenvalue weighted by molar-refractivity contribution is -0.136. The minimum atomic E-state index is -4.63. The SMILES string of the molecule is CN(C)c1ccc(NC(=O)Nc2ccccc2C(F)(F)F)cc1C(=O)NCc1ccc(F)cc1. The first-order valence-electron chi connectivity index (χ1n) is 10.1. The highest BCUT2D eigenvalue weighted by Gasteiger charge is 2.33. The first-order chi connectivity index (χ1) is 16.0. The molecule has 34 heavy (non-hydrogen) atoms. The van der Waals surface area contributed by atoms with Gasteiger partial charge in [-0.2, -0.15) is 13.2 Å². The number of nitrogens with one attached hydrogen (secondary N) is 3. The van der Waals surface area contributed by atoms with Crippen molar-refractivity contribution >= 4 is 29.0 Å². The van der Waals surface area contributed by atoms with Gasteiger partial charge in [0.1, 0.15) is 5.82 Å². The van der Waals surface area contributed by atoms with Gasteiger partial charge in [0.05, 0.1) is 16.8 Å². The predicted octanol–water partition coefficient (Wildman–Crippen LogP) is 5.48. The van der Waals surface area contributed by atoms with E-state index in [4.69, 9.17) is 0 Å². The van der Waals surface area contributed by atoms with E-state index in [1.54, 1.807) is 37.2 Å². The van der Waals surface area contributed by atoms with E-state index in [-0.39, 0.29) is 23.6 Å². The summed E-state index contributed by atoms with van der Waals surface area (Å²) >= 11 is 0. The van der Waals surface area contributed by atoms with Crippen LogP contribution < -0.4 is 20.9 Å². The number of hydrogen-bond donors (Lipinski definition) is 3. The third kappa shape index (κ3) is 6.25. The molecular formula is C24H22F4N4O2. The fourth-order valence-electron chi connectivity index (χ4n) is 3.19. The molecule has 3 rings (SSSR count). The Hall–Kier alpha value is -4.08. The van der Waals surface area contributed by atoms with Gasteiger partial charge in [-0.1, -0.05) is 24.3 Å². The molecule has 178 valence electrons. The zero-order chi connectivity index (χ0) is 24.9. The number of para-hydroxylation sites is 1. The summed E-state index contributed by atoms with van der Waals surface area (Å²) in [5, 5.41) is 7.38. The van der Waals surface area contributed by atoms with Crippen LogP contribution in [-0.4, -0.2) is 26.0 Å². The van der Waals surface area contributed by atoms with Crippen LogP contribution >= 0.6 is 0 Å². The summed E-state index contributed by atoms with van der Waals surface area (Å²) in [6.45, 7) is 0.151. The van der Waals surface area contributed by atoms with Crippen molar-refractivity contribution in [1.29, 1.82) is 0 Å². The summed E-state index contributed by atoms with van der Waals surface area (Å²) in [5.74, 6) is -0.834. The lowest BCUT2D eigenvalue weighted by atomic mass is 10.1. The number of benzene rings is 3. The molecule has 0 aliphatic heterocycles. The Morgan fingerprint density at radius 1 is 0.912 bits per heavy atom. The minimum Gasteiger partial charge on any atom is -0.377 e. The fourth-order valence-corrected chi connectivity index (χ4v) is 3.19. The maximum atomic E-state index is 13.2. The molecule has 0 spiro atoms. The molecule has 6 nitrogen and oxygen atoms in total. The molecule has 0 aliphatic rings. The third-order valence-corrected chi connectivity index (χ3v) is 4.83. The Kier molecular flexibility index (Phi) is 7.40. The molecule has 0 unspecified atom stereocenters. The molecule has 0 saturated carbocycles. The summed E-state index contributed by atoms with van der Waals surface area (Å²) in [6.07, 6.45) is -4.63. The van der Waals surface area contributed by atoms with Gasteiger partial charge in [0, 0.05) is 32.0 Å². The van der Waals surface area contributed by atoms with Crippen molar-refractivity contribution in [2.45, 2.75) is 12.7 Å².